The Morgan fingerprint density at radius 2 is 2.20 bits per heavy atom. The first-order valence-electron chi connectivity index (χ1n) is 5.96. The van der Waals surface area contributed by atoms with Crippen LogP contribution in [-0.2, 0) is 6.54 Å². The molecule has 0 aliphatic rings. The molecule has 0 radical (unpaired) electrons. The highest BCUT2D eigenvalue weighted by Crippen LogP contribution is 2.24. The number of nitrogens with one attached hydrogen (secondary N) is 1. The number of benzene rings is 1. The standard InChI is InChI=1S/C13H11ClFN3OS/c1-6-8(7(2)19-17-6)5-18-12-4-10(15)9(14)3-11(12)16-13(18)20/h3-4H,5H2,1-2H3,(H,16,20). The van der Waals surface area contributed by atoms with Gasteiger partial charge >= 0.3 is 0 Å². The number of fused-ring (bicyclic) bond motifs is 1. The van der Waals surface area contributed by atoms with Crippen LogP contribution >= 0.6 is 23.8 Å². The summed E-state index contributed by atoms with van der Waals surface area (Å²) in [6.45, 7) is 4.17. The van der Waals surface area contributed by atoms with Gasteiger partial charge in [0, 0.05) is 11.6 Å². The third-order valence-corrected chi connectivity index (χ3v) is 3.93. The van der Waals surface area contributed by atoms with E-state index in [0.717, 1.165) is 17.0 Å². The van der Waals surface area contributed by atoms with E-state index in [-0.39, 0.29) is 5.02 Å². The van der Waals surface area contributed by atoms with Gasteiger partial charge in [0.05, 0.1) is 28.3 Å². The molecule has 20 heavy (non-hydrogen) atoms. The van der Waals surface area contributed by atoms with Gasteiger partial charge in [0.25, 0.3) is 0 Å². The quantitative estimate of drug-likeness (QED) is 0.723. The van der Waals surface area contributed by atoms with E-state index in [2.05, 4.69) is 10.1 Å². The van der Waals surface area contributed by atoms with Crippen LogP contribution in [0.5, 0.6) is 0 Å². The lowest BCUT2D eigenvalue weighted by Gasteiger charge is -2.04. The minimum atomic E-state index is -0.472. The number of nitrogens with zero attached hydrogens (tertiary/aromatic N) is 2. The van der Waals surface area contributed by atoms with Gasteiger partial charge in [0.1, 0.15) is 11.6 Å². The maximum absolute atomic E-state index is 13.7. The summed E-state index contributed by atoms with van der Waals surface area (Å²) in [5.41, 5.74) is 3.11. The van der Waals surface area contributed by atoms with E-state index in [1.807, 2.05) is 13.8 Å². The third-order valence-electron chi connectivity index (χ3n) is 3.31. The summed E-state index contributed by atoms with van der Waals surface area (Å²) in [5, 5.41) is 3.98. The van der Waals surface area contributed by atoms with E-state index >= 15 is 0 Å². The number of imidazole rings is 1. The van der Waals surface area contributed by atoms with Gasteiger partial charge in [-0.25, -0.2) is 4.39 Å². The molecule has 0 amide bonds. The van der Waals surface area contributed by atoms with Crippen LogP contribution in [0.25, 0.3) is 11.0 Å². The SMILES string of the molecule is Cc1noc(C)c1Cn1c(=S)[nH]c2cc(Cl)c(F)cc21. The van der Waals surface area contributed by atoms with E-state index in [1.54, 1.807) is 4.57 Å². The fourth-order valence-electron chi connectivity index (χ4n) is 2.19. The second-order valence-electron chi connectivity index (χ2n) is 4.60. The molecule has 0 saturated carbocycles. The van der Waals surface area contributed by atoms with Gasteiger partial charge in [0.2, 0.25) is 0 Å². The first-order valence-corrected chi connectivity index (χ1v) is 6.75. The van der Waals surface area contributed by atoms with Gasteiger partial charge in [-0.2, -0.15) is 0 Å². The van der Waals surface area contributed by atoms with Crippen LogP contribution in [0, 0.1) is 24.4 Å². The zero-order valence-electron chi connectivity index (χ0n) is 10.8. The Balaban J connectivity index is 2.19. The van der Waals surface area contributed by atoms with Crippen molar-refractivity contribution >= 4 is 34.9 Å². The van der Waals surface area contributed by atoms with Crippen molar-refractivity contribution in [2.75, 3.05) is 0 Å². The third kappa shape index (κ3) is 2.05. The minimum Gasteiger partial charge on any atom is -0.361 e. The van der Waals surface area contributed by atoms with Gasteiger partial charge in [0.15, 0.2) is 4.77 Å². The lowest BCUT2D eigenvalue weighted by atomic mass is 10.2. The molecule has 0 bridgehead atoms. The fraction of sp³-hybridized carbons (Fsp3) is 0.231. The van der Waals surface area contributed by atoms with E-state index in [4.69, 9.17) is 28.3 Å². The van der Waals surface area contributed by atoms with Crippen molar-refractivity contribution in [3.63, 3.8) is 0 Å². The molecule has 104 valence electrons. The average molecular weight is 312 g/mol. The van der Waals surface area contributed by atoms with Gasteiger partial charge < -0.3 is 14.1 Å². The molecule has 0 saturated heterocycles. The molecule has 1 aromatic carbocycles. The number of halogens is 2. The van der Waals surface area contributed by atoms with Gasteiger partial charge in [-0.15, -0.1) is 0 Å². The molecule has 7 heteroatoms. The molecule has 3 rings (SSSR count). The molecule has 4 nitrogen and oxygen atoms in total. The fourth-order valence-corrected chi connectivity index (χ4v) is 2.63. The highest BCUT2D eigenvalue weighted by atomic mass is 35.5. The smallest absolute Gasteiger partial charge is 0.178 e. The Bertz CT molecular complexity index is 845. The second kappa shape index (κ2) is 4.71. The first kappa shape index (κ1) is 13.3. The lowest BCUT2D eigenvalue weighted by molar-refractivity contribution is 0.392. The van der Waals surface area contributed by atoms with Crippen LogP contribution in [0.3, 0.4) is 0 Å². The number of hydrogen-bond acceptors (Lipinski definition) is 3. The van der Waals surface area contributed by atoms with Crippen molar-refractivity contribution in [3.8, 4) is 0 Å². The molecule has 0 aliphatic carbocycles. The second-order valence-corrected chi connectivity index (χ2v) is 5.40. The van der Waals surface area contributed by atoms with Gasteiger partial charge in [-0.3, -0.25) is 0 Å². The molecular weight excluding hydrogens is 301 g/mol. The number of rotatable bonds is 2. The summed E-state index contributed by atoms with van der Waals surface area (Å²) in [6, 6.07) is 2.91. The monoisotopic (exact) mass is 311 g/mol. The summed E-state index contributed by atoms with van der Waals surface area (Å²) in [5.74, 6) is 0.258. The number of aryl methyl sites for hydroxylation is 2. The van der Waals surface area contributed by atoms with Crippen LogP contribution in [0.2, 0.25) is 5.02 Å². The molecule has 0 unspecified atom stereocenters. The summed E-state index contributed by atoms with van der Waals surface area (Å²) < 4.78 is 21.1. The van der Waals surface area contributed by atoms with Crippen molar-refractivity contribution in [1.29, 1.82) is 0 Å². The Morgan fingerprint density at radius 1 is 1.45 bits per heavy atom. The van der Waals surface area contributed by atoms with Crippen molar-refractivity contribution in [1.82, 2.24) is 14.7 Å². The zero-order chi connectivity index (χ0) is 14.4. The topological polar surface area (TPSA) is 46.8 Å². The summed E-state index contributed by atoms with van der Waals surface area (Å²) in [6.07, 6.45) is 0. The largest absolute Gasteiger partial charge is 0.361 e. The predicted molar refractivity (Wildman–Crippen MR) is 77.2 cm³/mol. The zero-order valence-corrected chi connectivity index (χ0v) is 12.4. The number of aromatic amines is 1. The average Bonchev–Trinajstić information content (AvgIpc) is 2.85. The van der Waals surface area contributed by atoms with Gasteiger partial charge in [-0.05, 0) is 32.1 Å². The molecule has 0 spiro atoms. The van der Waals surface area contributed by atoms with Crippen LogP contribution < -0.4 is 0 Å². The lowest BCUT2D eigenvalue weighted by Crippen LogP contribution is -2.01. The van der Waals surface area contributed by atoms with E-state index < -0.39 is 5.82 Å². The molecular formula is C13H11ClFN3OS. The molecule has 0 atom stereocenters. The van der Waals surface area contributed by atoms with Gasteiger partial charge in [-0.1, -0.05) is 16.8 Å². The van der Waals surface area contributed by atoms with Crippen LogP contribution in [0.4, 0.5) is 4.39 Å². The minimum absolute atomic E-state index is 0.0678. The highest BCUT2D eigenvalue weighted by molar-refractivity contribution is 7.71. The number of hydrogen-bond donors (Lipinski definition) is 1. The molecule has 3 aromatic rings. The number of aromatic nitrogens is 3. The highest BCUT2D eigenvalue weighted by Gasteiger charge is 2.14. The van der Waals surface area contributed by atoms with E-state index in [1.165, 1.54) is 12.1 Å². The molecule has 2 aromatic heterocycles. The normalized spacial score (nSPS) is 11.4. The van der Waals surface area contributed by atoms with Crippen molar-refractivity contribution < 1.29 is 8.91 Å². The van der Waals surface area contributed by atoms with E-state index in [9.17, 15) is 4.39 Å². The Morgan fingerprint density at radius 3 is 2.85 bits per heavy atom. The van der Waals surface area contributed by atoms with Crippen LogP contribution in [-0.4, -0.2) is 14.7 Å². The molecule has 0 fully saturated rings. The van der Waals surface area contributed by atoms with E-state index in [0.29, 0.717) is 22.3 Å². The Labute approximate surface area is 124 Å². The predicted octanol–water partition coefficient (Wildman–Crippen LogP) is 4.14. The summed E-state index contributed by atoms with van der Waals surface area (Å²) in [7, 11) is 0. The number of H-pyrrole nitrogens is 1. The molecule has 1 N–H and O–H groups in total. The molecule has 0 aliphatic heterocycles. The molecule has 2 heterocycles. The maximum atomic E-state index is 13.7. The van der Waals surface area contributed by atoms with Crippen molar-refractivity contribution in [3.05, 3.63) is 44.8 Å². The Kier molecular flexibility index (Phi) is 3.14. The Hall–Kier alpha value is -1.66. The van der Waals surface area contributed by atoms with Crippen molar-refractivity contribution in [2.24, 2.45) is 0 Å². The first-order chi connectivity index (χ1) is 9.47. The maximum Gasteiger partial charge on any atom is 0.178 e. The van der Waals surface area contributed by atoms with Crippen LogP contribution in [0.15, 0.2) is 16.7 Å². The summed E-state index contributed by atoms with van der Waals surface area (Å²) >= 11 is 11.1. The summed E-state index contributed by atoms with van der Waals surface area (Å²) in [4.78, 5) is 3.02. The van der Waals surface area contributed by atoms with Crippen molar-refractivity contribution in [2.45, 2.75) is 20.4 Å². The van der Waals surface area contributed by atoms with Crippen LogP contribution in [0.1, 0.15) is 17.0 Å².